The van der Waals surface area contributed by atoms with E-state index in [0.717, 1.165) is 11.8 Å². The van der Waals surface area contributed by atoms with Gasteiger partial charge in [-0.3, -0.25) is 0 Å². The summed E-state index contributed by atoms with van der Waals surface area (Å²) < 4.78 is 43.4. The highest BCUT2D eigenvalue weighted by Gasteiger charge is 2.36. The standard InChI is InChI=1S/C12H8ClF3N2O2/c1-20-11(19)9-6-10(12(14,15)16)17-18(9)8-5-3-2-4-7(8)13/h2-6H,1H3. The third-order valence-corrected chi connectivity index (χ3v) is 2.79. The van der Waals surface area contributed by atoms with Gasteiger partial charge in [0.25, 0.3) is 0 Å². The van der Waals surface area contributed by atoms with E-state index < -0.39 is 17.8 Å². The van der Waals surface area contributed by atoms with E-state index >= 15 is 0 Å². The van der Waals surface area contributed by atoms with E-state index in [1.54, 1.807) is 12.1 Å². The number of esters is 1. The number of carbonyl (C=O) groups is 1. The van der Waals surface area contributed by atoms with Crippen LogP contribution in [-0.4, -0.2) is 22.9 Å². The number of aromatic nitrogens is 2. The van der Waals surface area contributed by atoms with Crippen molar-refractivity contribution < 1.29 is 22.7 Å². The molecule has 0 unspecified atom stereocenters. The zero-order valence-electron chi connectivity index (χ0n) is 10.1. The molecule has 0 bridgehead atoms. The normalized spacial score (nSPS) is 11.4. The summed E-state index contributed by atoms with van der Waals surface area (Å²) in [6.45, 7) is 0. The predicted octanol–water partition coefficient (Wildman–Crippen LogP) is 3.33. The van der Waals surface area contributed by atoms with Gasteiger partial charge >= 0.3 is 12.1 Å². The van der Waals surface area contributed by atoms with Crippen molar-refractivity contribution in [3.05, 3.63) is 46.7 Å². The van der Waals surface area contributed by atoms with Gasteiger partial charge in [0.1, 0.15) is 0 Å². The van der Waals surface area contributed by atoms with Crippen LogP contribution in [0.25, 0.3) is 5.69 Å². The van der Waals surface area contributed by atoms with Gasteiger partial charge in [-0.25, -0.2) is 9.48 Å². The summed E-state index contributed by atoms with van der Waals surface area (Å²) in [5.74, 6) is -0.937. The SMILES string of the molecule is COC(=O)c1cc(C(F)(F)F)nn1-c1ccccc1Cl. The molecule has 2 aromatic rings. The van der Waals surface area contributed by atoms with E-state index in [1.807, 2.05) is 0 Å². The zero-order chi connectivity index (χ0) is 14.9. The smallest absolute Gasteiger partial charge is 0.435 e. The number of hydrogen-bond donors (Lipinski definition) is 0. The number of hydrogen-bond acceptors (Lipinski definition) is 3. The number of benzene rings is 1. The zero-order valence-corrected chi connectivity index (χ0v) is 10.9. The molecular formula is C12H8ClF3N2O2. The van der Waals surface area contributed by atoms with E-state index in [1.165, 1.54) is 12.1 Å². The van der Waals surface area contributed by atoms with E-state index in [9.17, 15) is 18.0 Å². The van der Waals surface area contributed by atoms with Crippen LogP contribution in [0.5, 0.6) is 0 Å². The van der Waals surface area contributed by atoms with Crippen molar-refractivity contribution in [3.8, 4) is 5.69 Å². The van der Waals surface area contributed by atoms with Crippen LogP contribution in [0.3, 0.4) is 0 Å². The number of para-hydroxylation sites is 1. The largest absolute Gasteiger partial charge is 0.464 e. The maximum Gasteiger partial charge on any atom is 0.435 e. The minimum absolute atomic E-state index is 0.157. The number of methoxy groups -OCH3 is 1. The first-order chi connectivity index (χ1) is 9.34. The number of alkyl halides is 3. The van der Waals surface area contributed by atoms with Crippen LogP contribution in [0.15, 0.2) is 30.3 Å². The summed E-state index contributed by atoms with van der Waals surface area (Å²) in [6.07, 6.45) is -4.67. The molecule has 0 amide bonds. The number of carbonyl (C=O) groups excluding carboxylic acids is 1. The molecule has 1 aromatic heterocycles. The van der Waals surface area contributed by atoms with Gasteiger partial charge in [0.05, 0.1) is 17.8 Å². The van der Waals surface area contributed by atoms with Crippen molar-refractivity contribution in [1.29, 1.82) is 0 Å². The third kappa shape index (κ3) is 2.62. The van der Waals surface area contributed by atoms with E-state index in [0.29, 0.717) is 6.07 Å². The highest BCUT2D eigenvalue weighted by molar-refractivity contribution is 6.32. The molecule has 1 heterocycles. The summed E-state index contributed by atoms with van der Waals surface area (Å²) in [4.78, 5) is 11.6. The summed E-state index contributed by atoms with van der Waals surface area (Å²) in [5, 5.41) is 3.55. The molecule has 0 aliphatic heterocycles. The maximum atomic E-state index is 12.7. The van der Waals surface area contributed by atoms with Crippen molar-refractivity contribution >= 4 is 17.6 Å². The highest BCUT2D eigenvalue weighted by atomic mass is 35.5. The molecule has 8 heteroatoms. The topological polar surface area (TPSA) is 44.1 Å². The lowest BCUT2D eigenvalue weighted by Gasteiger charge is -2.07. The van der Waals surface area contributed by atoms with Crippen molar-refractivity contribution in [2.45, 2.75) is 6.18 Å². The molecule has 0 saturated carbocycles. The first kappa shape index (κ1) is 14.4. The van der Waals surface area contributed by atoms with Gasteiger partial charge in [-0.05, 0) is 12.1 Å². The van der Waals surface area contributed by atoms with Gasteiger partial charge in [0, 0.05) is 6.07 Å². The maximum absolute atomic E-state index is 12.7. The Balaban J connectivity index is 2.65. The Morgan fingerprint density at radius 3 is 2.55 bits per heavy atom. The van der Waals surface area contributed by atoms with Crippen molar-refractivity contribution in [2.24, 2.45) is 0 Å². The second-order valence-corrected chi connectivity index (χ2v) is 4.17. The lowest BCUT2D eigenvalue weighted by atomic mass is 10.3. The quantitative estimate of drug-likeness (QED) is 0.799. The molecule has 0 spiro atoms. The molecular weight excluding hydrogens is 297 g/mol. The number of rotatable bonds is 2. The molecule has 4 nitrogen and oxygen atoms in total. The van der Waals surface area contributed by atoms with Crippen LogP contribution in [0.4, 0.5) is 13.2 Å². The molecule has 2 rings (SSSR count). The molecule has 0 aliphatic rings. The van der Waals surface area contributed by atoms with Crippen LogP contribution in [0.2, 0.25) is 5.02 Å². The number of halogens is 4. The van der Waals surface area contributed by atoms with Gasteiger partial charge in [-0.2, -0.15) is 18.3 Å². The Morgan fingerprint density at radius 2 is 2.00 bits per heavy atom. The van der Waals surface area contributed by atoms with Crippen molar-refractivity contribution in [2.75, 3.05) is 7.11 Å². The van der Waals surface area contributed by atoms with Crippen LogP contribution in [0.1, 0.15) is 16.2 Å². The Bertz CT molecular complexity index is 652. The molecule has 0 fully saturated rings. The summed E-state index contributed by atoms with van der Waals surface area (Å²) in [7, 11) is 1.07. The molecule has 0 atom stereocenters. The fourth-order valence-corrected chi connectivity index (χ4v) is 1.79. The first-order valence-electron chi connectivity index (χ1n) is 5.35. The van der Waals surface area contributed by atoms with E-state index in [4.69, 9.17) is 11.6 Å². The van der Waals surface area contributed by atoms with Crippen molar-refractivity contribution in [1.82, 2.24) is 9.78 Å². The molecule has 20 heavy (non-hydrogen) atoms. The number of nitrogens with zero attached hydrogens (tertiary/aromatic N) is 2. The van der Waals surface area contributed by atoms with Crippen molar-refractivity contribution in [3.63, 3.8) is 0 Å². The summed E-state index contributed by atoms with van der Waals surface area (Å²) in [5.41, 5.74) is -1.39. The summed E-state index contributed by atoms with van der Waals surface area (Å²) in [6, 6.07) is 6.72. The molecule has 1 aromatic carbocycles. The van der Waals surface area contributed by atoms with Crippen LogP contribution < -0.4 is 0 Å². The Labute approximate surface area is 116 Å². The Kier molecular flexibility index (Phi) is 3.71. The molecule has 0 N–H and O–H groups in total. The van der Waals surface area contributed by atoms with E-state index in [-0.39, 0.29) is 16.4 Å². The minimum atomic E-state index is -4.67. The third-order valence-electron chi connectivity index (χ3n) is 2.47. The second-order valence-electron chi connectivity index (χ2n) is 3.77. The Hall–Kier alpha value is -2.02. The summed E-state index contributed by atoms with van der Waals surface area (Å²) >= 11 is 5.91. The Morgan fingerprint density at radius 1 is 1.35 bits per heavy atom. The van der Waals surface area contributed by atoms with Crippen LogP contribution in [0, 0.1) is 0 Å². The van der Waals surface area contributed by atoms with Gasteiger partial charge < -0.3 is 4.74 Å². The van der Waals surface area contributed by atoms with Gasteiger partial charge in [0.15, 0.2) is 11.4 Å². The van der Waals surface area contributed by atoms with Crippen LogP contribution >= 0.6 is 11.6 Å². The predicted molar refractivity (Wildman–Crippen MR) is 64.9 cm³/mol. The monoisotopic (exact) mass is 304 g/mol. The second kappa shape index (κ2) is 5.16. The van der Waals surface area contributed by atoms with Gasteiger partial charge in [-0.1, -0.05) is 23.7 Å². The minimum Gasteiger partial charge on any atom is -0.464 e. The van der Waals surface area contributed by atoms with Gasteiger partial charge in [0.2, 0.25) is 0 Å². The fraction of sp³-hybridized carbons (Fsp3) is 0.167. The fourth-order valence-electron chi connectivity index (χ4n) is 1.58. The average molecular weight is 305 g/mol. The first-order valence-corrected chi connectivity index (χ1v) is 5.73. The number of ether oxygens (including phenoxy) is 1. The molecule has 0 saturated heterocycles. The van der Waals surface area contributed by atoms with E-state index in [2.05, 4.69) is 9.84 Å². The average Bonchev–Trinajstić information content (AvgIpc) is 2.83. The van der Waals surface area contributed by atoms with Crippen LogP contribution in [-0.2, 0) is 10.9 Å². The lowest BCUT2D eigenvalue weighted by molar-refractivity contribution is -0.141. The van der Waals surface area contributed by atoms with Gasteiger partial charge in [-0.15, -0.1) is 0 Å². The molecule has 0 aliphatic carbocycles. The molecule has 0 radical (unpaired) electrons. The highest BCUT2D eigenvalue weighted by Crippen LogP contribution is 2.31. The molecule has 106 valence electrons. The lowest BCUT2D eigenvalue weighted by Crippen LogP contribution is -2.11.